The SMILES string of the molecule is CC(C)(C)OC(=O)NC(C(=O)c1ccc(-c2ccccc2)cc1[N+](=O)[O-])c1ccc(Cl)c(Cl)c1. The third kappa shape index (κ3) is 6.12. The molecule has 0 radical (unpaired) electrons. The zero-order valence-electron chi connectivity index (χ0n) is 18.7. The van der Waals surface area contributed by atoms with Gasteiger partial charge in [-0.15, -0.1) is 0 Å². The van der Waals surface area contributed by atoms with E-state index in [0.717, 1.165) is 5.56 Å². The van der Waals surface area contributed by atoms with Crippen molar-refractivity contribution < 1.29 is 19.2 Å². The van der Waals surface area contributed by atoms with E-state index in [1.165, 1.54) is 30.3 Å². The molecule has 1 atom stereocenters. The number of ether oxygens (including phenoxy) is 1. The highest BCUT2D eigenvalue weighted by Crippen LogP contribution is 2.32. The van der Waals surface area contributed by atoms with Gasteiger partial charge < -0.3 is 10.1 Å². The molecule has 0 fully saturated rings. The molecule has 0 aliphatic heterocycles. The summed E-state index contributed by atoms with van der Waals surface area (Å²) in [6.45, 7) is 5.03. The predicted molar refractivity (Wildman–Crippen MR) is 131 cm³/mol. The number of rotatable bonds is 6. The molecule has 176 valence electrons. The molecule has 1 N–H and O–H groups in total. The summed E-state index contributed by atoms with van der Waals surface area (Å²) in [5.74, 6) is -0.699. The fourth-order valence-corrected chi connectivity index (χ4v) is 3.58. The lowest BCUT2D eigenvalue weighted by atomic mass is 9.94. The van der Waals surface area contributed by atoms with Gasteiger partial charge in [0.05, 0.1) is 20.5 Å². The summed E-state index contributed by atoms with van der Waals surface area (Å²) in [4.78, 5) is 37.3. The lowest BCUT2D eigenvalue weighted by Gasteiger charge is -2.23. The van der Waals surface area contributed by atoms with Gasteiger partial charge in [0.1, 0.15) is 11.6 Å². The topological polar surface area (TPSA) is 98.5 Å². The number of alkyl carbamates (subject to hydrolysis) is 1. The molecule has 0 spiro atoms. The largest absolute Gasteiger partial charge is 0.444 e. The summed E-state index contributed by atoms with van der Waals surface area (Å²) in [5.41, 5.74) is 0.261. The van der Waals surface area contributed by atoms with Gasteiger partial charge in [-0.1, -0.05) is 65.7 Å². The molecule has 34 heavy (non-hydrogen) atoms. The molecule has 7 nitrogen and oxygen atoms in total. The first kappa shape index (κ1) is 25.2. The van der Waals surface area contributed by atoms with Gasteiger partial charge in [0.15, 0.2) is 5.78 Å². The molecule has 0 aromatic heterocycles. The maximum atomic E-state index is 13.6. The molecule has 3 rings (SSSR count). The second-order valence-corrected chi connectivity index (χ2v) is 9.29. The van der Waals surface area contributed by atoms with Crippen molar-refractivity contribution in [2.75, 3.05) is 0 Å². The minimum Gasteiger partial charge on any atom is -0.444 e. The van der Waals surface area contributed by atoms with Crippen molar-refractivity contribution in [3.63, 3.8) is 0 Å². The third-order valence-corrected chi connectivity index (χ3v) is 5.51. The van der Waals surface area contributed by atoms with Crippen molar-refractivity contribution in [1.29, 1.82) is 0 Å². The number of nitro benzene ring substituents is 1. The normalized spacial score (nSPS) is 12.0. The molecule has 3 aromatic rings. The van der Waals surface area contributed by atoms with Crippen LogP contribution in [0.2, 0.25) is 10.0 Å². The van der Waals surface area contributed by atoms with Crippen LogP contribution < -0.4 is 5.32 Å². The van der Waals surface area contributed by atoms with E-state index < -0.39 is 28.4 Å². The van der Waals surface area contributed by atoms with Gasteiger partial charge in [-0.3, -0.25) is 14.9 Å². The Bertz CT molecular complexity index is 1240. The first-order valence-corrected chi connectivity index (χ1v) is 11.0. The summed E-state index contributed by atoms with van der Waals surface area (Å²) in [7, 11) is 0. The van der Waals surface area contributed by atoms with Crippen LogP contribution in [0.4, 0.5) is 10.5 Å². The molecule has 0 heterocycles. The van der Waals surface area contributed by atoms with Gasteiger partial charge in [0.25, 0.3) is 5.69 Å². The maximum absolute atomic E-state index is 13.6. The van der Waals surface area contributed by atoms with Crippen molar-refractivity contribution in [3.05, 3.63) is 98.0 Å². The molecule has 0 saturated carbocycles. The van der Waals surface area contributed by atoms with Gasteiger partial charge in [0, 0.05) is 6.07 Å². The Morgan fingerprint density at radius 1 is 0.941 bits per heavy atom. The predicted octanol–water partition coefficient (Wildman–Crippen LogP) is 7.02. The van der Waals surface area contributed by atoms with Crippen LogP contribution in [0, 0.1) is 10.1 Å². The third-order valence-electron chi connectivity index (χ3n) is 4.77. The van der Waals surface area contributed by atoms with Gasteiger partial charge in [-0.2, -0.15) is 0 Å². The number of nitrogens with zero attached hydrogens (tertiary/aromatic N) is 1. The zero-order valence-corrected chi connectivity index (χ0v) is 20.2. The fraction of sp³-hybridized carbons (Fsp3) is 0.200. The molecule has 0 aliphatic carbocycles. The first-order chi connectivity index (χ1) is 16.0. The van der Waals surface area contributed by atoms with Crippen LogP contribution in [0.25, 0.3) is 11.1 Å². The number of Topliss-reactive ketones (excluding diaryl/α,β-unsaturated/α-hetero) is 1. The van der Waals surface area contributed by atoms with Crippen molar-refractivity contribution in [3.8, 4) is 11.1 Å². The number of hydrogen-bond donors (Lipinski definition) is 1. The van der Waals surface area contributed by atoms with E-state index in [9.17, 15) is 19.7 Å². The summed E-state index contributed by atoms with van der Waals surface area (Å²) in [6, 6.07) is 16.5. The van der Waals surface area contributed by atoms with Crippen LogP contribution in [0.15, 0.2) is 66.7 Å². The van der Waals surface area contributed by atoms with Gasteiger partial charge in [-0.25, -0.2) is 4.79 Å². The van der Waals surface area contributed by atoms with Gasteiger partial charge in [-0.05, 0) is 55.7 Å². The minimum absolute atomic E-state index is 0.164. The number of halogens is 2. The van der Waals surface area contributed by atoms with Crippen LogP contribution in [-0.4, -0.2) is 22.4 Å². The highest BCUT2D eigenvalue weighted by atomic mass is 35.5. The summed E-state index contributed by atoms with van der Waals surface area (Å²) < 4.78 is 5.29. The van der Waals surface area contributed by atoms with Gasteiger partial charge >= 0.3 is 6.09 Å². The zero-order chi connectivity index (χ0) is 25.0. The highest BCUT2D eigenvalue weighted by molar-refractivity contribution is 6.42. The molecular weight excluding hydrogens is 479 g/mol. The Balaban J connectivity index is 2.06. The quantitative estimate of drug-likeness (QED) is 0.222. The van der Waals surface area contributed by atoms with Crippen LogP contribution in [-0.2, 0) is 4.74 Å². The molecule has 3 aromatic carbocycles. The van der Waals surface area contributed by atoms with E-state index in [4.69, 9.17) is 27.9 Å². The van der Waals surface area contributed by atoms with E-state index in [0.29, 0.717) is 11.1 Å². The Labute approximate surface area is 206 Å². The molecular formula is C25H22Cl2N2O5. The number of amides is 1. The second kappa shape index (κ2) is 10.2. The highest BCUT2D eigenvalue weighted by Gasteiger charge is 2.31. The van der Waals surface area contributed by atoms with Crippen molar-refractivity contribution in [1.82, 2.24) is 5.32 Å². The minimum atomic E-state index is -1.30. The molecule has 0 saturated heterocycles. The van der Waals surface area contributed by atoms with E-state index in [-0.39, 0.29) is 21.3 Å². The van der Waals surface area contributed by atoms with E-state index in [1.54, 1.807) is 26.8 Å². The van der Waals surface area contributed by atoms with E-state index in [1.807, 2.05) is 30.3 Å². The van der Waals surface area contributed by atoms with Crippen molar-refractivity contribution >= 4 is 40.8 Å². The number of ketones is 1. The molecule has 0 aliphatic rings. The number of carbonyl (C=O) groups is 2. The average Bonchev–Trinajstić information content (AvgIpc) is 2.78. The van der Waals surface area contributed by atoms with Crippen LogP contribution in [0.5, 0.6) is 0 Å². The summed E-state index contributed by atoms with van der Waals surface area (Å²) in [6.07, 6.45) is -0.861. The molecule has 1 amide bonds. The maximum Gasteiger partial charge on any atom is 0.408 e. The van der Waals surface area contributed by atoms with Crippen molar-refractivity contribution in [2.45, 2.75) is 32.4 Å². The Hall–Kier alpha value is -3.42. The second-order valence-electron chi connectivity index (χ2n) is 8.47. The fourth-order valence-electron chi connectivity index (χ4n) is 3.27. The number of hydrogen-bond acceptors (Lipinski definition) is 5. The van der Waals surface area contributed by atoms with E-state index in [2.05, 4.69) is 5.32 Å². The summed E-state index contributed by atoms with van der Waals surface area (Å²) >= 11 is 12.1. The number of nitro groups is 1. The van der Waals surface area contributed by atoms with Gasteiger partial charge in [0.2, 0.25) is 0 Å². The Kier molecular flexibility index (Phi) is 7.59. The first-order valence-electron chi connectivity index (χ1n) is 10.3. The summed E-state index contributed by atoms with van der Waals surface area (Å²) in [5, 5.41) is 14.8. The molecule has 0 bridgehead atoms. The van der Waals surface area contributed by atoms with E-state index >= 15 is 0 Å². The Morgan fingerprint density at radius 2 is 1.62 bits per heavy atom. The van der Waals surface area contributed by atoms with Crippen molar-refractivity contribution in [2.24, 2.45) is 0 Å². The number of carbonyl (C=O) groups excluding carboxylic acids is 2. The molecule has 9 heteroatoms. The van der Waals surface area contributed by atoms with Crippen LogP contribution in [0.3, 0.4) is 0 Å². The molecule has 1 unspecified atom stereocenters. The standard InChI is InChI=1S/C25H22Cl2N2O5/c1-25(2,3)34-24(31)28-22(17-10-12-19(26)20(27)13-17)23(30)18-11-9-16(14-21(18)29(32)33)15-7-5-4-6-8-15/h4-14,22H,1-3H3,(H,28,31). The smallest absolute Gasteiger partial charge is 0.408 e. The Morgan fingerprint density at radius 3 is 2.21 bits per heavy atom. The number of benzene rings is 3. The monoisotopic (exact) mass is 500 g/mol. The van der Waals surface area contributed by atoms with Crippen LogP contribution in [0.1, 0.15) is 42.7 Å². The lowest BCUT2D eigenvalue weighted by molar-refractivity contribution is -0.385. The van der Waals surface area contributed by atoms with Crippen LogP contribution >= 0.6 is 23.2 Å². The number of nitrogens with one attached hydrogen (secondary N) is 1. The average molecular weight is 501 g/mol. The lowest BCUT2D eigenvalue weighted by Crippen LogP contribution is -2.38.